The molecule has 3 rings (SSSR count). The van der Waals surface area contributed by atoms with Gasteiger partial charge in [-0.25, -0.2) is 4.99 Å². The van der Waals surface area contributed by atoms with Crippen molar-refractivity contribution < 1.29 is 9.84 Å². The number of aliphatic imine (C=N–C) groups is 1. The summed E-state index contributed by atoms with van der Waals surface area (Å²) in [4.78, 5) is 9.80. The van der Waals surface area contributed by atoms with Crippen LogP contribution in [0.15, 0.2) is 29.3 Å². The van der Waals surface area contributed by atoms with Gasteiger partial charge < -0.3 is 25.4 Å². The Morgan fingerprint density at radius 2 is 1.67 bits per heavy atom. The van der Waals surface area contributed by atoms with Crippen LogP contribution in [0.4, 0.5) is 0 Å². The summed E-state index contributed by atoms with van der Waals surface area (Å²) in [6.07, 6.45) is 5.08. The molecule has 2 aliphatic heterocycles. The molecule has 2 fully saturated rings. The Kier molecular flexibility index (Phi) is 13.6. The van der Waals surface area contributed by atoms with Gasteiger partial charge in [0.25, 0.3) is 0 Å². The highest BCUT2D eigenvalue weighted by Crippen LogP contribution is 2.15. The molecule has 0 radical (unpaired) electrons. The van der Waals surface area contributed by atoms with Crippen molar-refractivity contribution in [2.45, 2.75) is 64.3 Å². The first kappa shape index (κ1) is 28.3. The van der Waals surface area contributed by atoms with E-state index in [1.165, 1.54) is 11.1 Å². The van der Waals surface area contributed by atoms with Crippen LogP contribution in [0.25, 0.3) is 0 Å². The molecule has 0 aliphatic carbocycles. The third-order valence-corrected chi connectivity index (χ3v) is 6.50. The largest absolute Gasteiger partial charge is 0.393 e. The first-order valence-electron chi connectivity index (χ1n) is 12.4. The minimum absolute atomic E-state index is 0. The molecule has 0 amide bonds. The molecule has 2 saturated heterocycles. The molecule has 0 spiro atoms. The van der Waals surface area contributed by atoms with Crippen LogP contribution in [0, 0.1) is 0 Å². The minimum Gasteiger partial charge on any atom is -0.393 e. The van der Waals surface area contributed by atoms with Gasteiger partial charge in [0.2, 0.25) is 0 Å². The molecule has 8 heteroatoms. The fraction of sp³-hybridized carbons (Fsp3) is 0.720. The van der Waals surface area contributed by atoms with Crippen molar-refractivity contribution in [3.63, 3.8) is 0 Å². The second-order valence-electron chi connectivity index (χ2n) is 9.13. The van der Waals surface area contributed by atoms with E-state index < -0.39 is 0 Å². The smallest absolute Gasteiger partial charge is 0.191 e. The summed E-state index contributed by atoms with van der Waals surface area (Å²) in [5.41, 5.74) is 2.56. The molecule has 188 valence electrons. The lowest BCUT2D eigenvalue weighted by molar-refractivity contribution is 0.0792. The maximum absolute atomic E-state index is 9.67. The molecule has 0 unspecified atom stereocenters. The number of nitrogens with zero attached hydrogens (tertiary/aromatic N) is 3. The van der Waals surface area contributed by atoms with Gasteiger partial charge >= 0.3 is 0 Å². The van der Waals surface area contributed by atoms with Crippen LogP contribution in [-0.4, -0.2) is 86.0 Å². The van der Waals surface area contributed by atoms with Gasteiger partial charge in [-0.05, 0) is 50.2 Å². The van der Waals surface area contributed by atoms with E-state index in [9.17, 15) is 5.11 Å². The third-order valence-electron chi connectivity index (χ3n) is 6.50. The van der Waals surface area contributed by atoms with Crippen molar-refractivity contribution >= 4 is 29.9 Å². The normalized spacial score (nSPS) is 19.3. The van der Waals surface area contributed by atoms with E-state index in [0.717, 1.165) is 90.5 Å². The fourth-order valence-electron chi connectivity index (χ4n) is 4.50. The van der Waals surface area contributed by atoms with Crippen molar-refractivity contribution in [3.05, 3.63) is 35.4 Å². The van der Waals surface area contributed by atoms with Crippen molar-refractivity contribution in [1.82, 2.24) is 20.4 Å². The number of aliphatic hydroxyl groups is 1. The fourth-order valence-corrected chi connectivity index (χ4v) is 4.50. The first-order chi connectivity index (χ1) is 15.7. The van der Waals surface area contributed by atoms with Gasteiger partial charge in [-0.15, -0.1) is 24.0 Å². The Hall–Kier alpha value is -0.940. The summed E-state index contributed by atoms with van der Waals surface area (Å²) in [6.45, 7) is 10.8. The number of nitrogens with one attached hydrogen (secondary N) is 2. The number of halogens is 1. The highest BCUT2D eigenvalue weighted by Gasteiger charge is 2.20. The van der Waals surface area contributed by atoms with E-state index in [-0.39, 0.29) is 30.1 Å². The van der Waals surface area contributed by atoms with Crippen molar-refractivity contribution in [2.24, 2.45) is 4.99 Å². The van der Waals surface area contributed by atoms with Crippen LogP contribution in [0.2, 0.25) is 0 Å². The van der Waals surface area contributed by atoms with E-state index >= 15 is 0 Å². The first-order valence-corrected chi connectivity index (χ1v) is 12.4. The summed E-state index contributed by atoms with van der Waals surface area (Å²) in [5.74, 6) is 0.918. The number of piperidine rings is 2. The molecule has 33 heavy (non-hydrogen) atoms. The molecule has 7 nitrogen and oxygen atoms in total. The second kappa shape index (κ2) is 15.9. The van der Waals surface area contributed by atoms with Crippen LogP contribution >= 0.6 is 24.0 Å². The molecule has 0 aromatic heterocycles. The average molecular weight is 574 g/mol. The zero-order chi connectivity index (χ0) is 22.6. The molecular weight excluding hydrogens is 529 g/mol. The number of hydrogen-bond acceptors (Lipinski definition) is 5. The molecule has 0 saturated carbocycles. The second-order valence-corrected chi connectivity index (χ2v) is 9.13. The van der Waals surface area contributed by atoms with E-state index in [0.29, 0.717) is 12.6 Å². The molecule has 2 heterocycles. The van der Waals surface area contributed by atoms with Crippen LogP contribution < -0.4 is 10.6 Å². The zero-order valence-corrected chi connectivity index (χ0v) is 22.8. The number of guanidine groups is 1. The predicted octanol–water partition coefficient (Wildman–Crippen LogP) is 2.82. The number of hydrogen-bond donors (Lipinski definition) is 3. The van der Waals surface area contributed by atoms with Crippen molar-refractivity contribution in [1.29, 1.82) is 0 Å². The van der Waals surface area contributed by atoms with E-state index in [2.05, 4.69) is 51.6 Å². The third kappa shape index (κ3) is 10.5. The van der Waals surface area contributed by atoms with Crippen molar-refractivity contribution in [2.75, 3.05) is 53.0 Å². The Labute approximate surface area is 217 Å². The van der Waals surface area contributed by atoms with Crippen LogP contribution in [0.1, 0.15) is 50.2 Å². The highest BCUT2D eigenvalue weighted by atomic mass is 127. The number of methoxy groups -OCH3 is 1. The Morgan fingerprint density at radius 3 is 2.30 bits per heavy atom. The molecule has 0 bridgehead atoms. The monoisotopic (exact) mass is 573 g/mol. The predicted molar refractivity (Wildman–Crippen MR) is 146 cm³/mol. The number of ether oxygens (including phenoxy) is 1. The summed E-state index contributed by atoms with van der Waals surface area (Å²) >= 11 is 0. The standard InChI is InChI=1S/C25H43N5O2.HI/c1-3-26-25(28-23-9-14-29(15-10-23)13-4-18-32-2)27-19-21-5-7-22(8-6-21)20-30-16-11-24(31)12-17-30;/h5-8,23-24,31H,3-4,9-20H2,1-2H3,(H2,26,27,28);1H. The van der Waals surface area contributed by atoms with Gasteiger partial charge in [0, 0.05) is 65.6 Å². The lowest BCUT2D eigenvalue weighted by atomic mass is 10.1. The maximum atomic E-state index is 9.67. The Bertz CT molecular complexity index is 672. The van der Waals surface area contributed by atoms with Gasteiger partial charge in [0.1, 0.15) is 0 Å². The lowest BCUT2D eigenvalue weighted by Gasteiger charge is -2.33. The molecule has 0 atom stereocenters. The van der Waals surface area contributed by atoms with Crippen LogP contribution in [-0.2, 0) is 17.8 Å². The number of likely N-dealkylation sites (tertiary alicyclic amines) is 2. The number of benzene rings is 1. The Balaban J connectivity index is 0.00000385. The molecule has 1 aromatic rings. The molecule has 3 N–H and O–H groups in total. The molecular formula is C25H44IN5O2. The highest BCUT2D eigenvalue weighted by molar-refractivity contribution is 14.0. The summed E-state index contributed by atoms with van der Waals surface area (Å²) in [7, 11) is 1.77. The average Bonchev–Trinajstić information content (AvgIpc) is 2.81. The van der Waals surface area contributed by atoms with Crippen molar-refractivity contribution in [3.8, 4) is 0 Å². The molecule has 1 aromatic carbocycles. The topological polar surface area (TPSA) is 72.4 Å². The Morgan fingerprint density at radius 1 is 1.03 bits per heavy atom. The summed E-state index contributed by atoms with van der Waals surface area (Å²) in [5, 5.41) is 16.7. The summed E-state index contributed by atoms with van der Waals surface area (Å²) in [6, 6.07) is 9.31. The zero-order valence-electron chi connectivity index (χ0n) is 20.5. The quantitative estimate of drug-likeness (QED) is 0.173. The van der Waals surface area contributed by atoms with Gasteiger partial charge in [-0.2, -0.15) is 0 Å². The minimum atomic E-state index is -0.112. The van der Waals surface area contributed by atoms with Crippen LogP contribution in [0.3, 0.4) is 0 Å². The molecule has 2 aliphatic rings. The summed E-state index contributed by atoms with van der Waals surface area (Å²) < 4.78 is 5.17. The number of aliphatic hydroxyl groups excluding tert-OH is 1. The van der Waals surface area contributed by atoms with Gasteiger partial charge in [-0.3, -0.25) is 4.90 Å². The lowest BCUT2D eigenvalue weighted by Crippen LogP contribution is -2.48. The number of rotatable bonds is 10. The maximum Gasteiger partial charge on any atom is 0.191 e. The van der Waals surface area contributed by atoms with E-state index in [1.807, 2.05) is 0 Å². The van der Waals surface area contributed by atoms with E-state index in [4.69, 9.17) is 9.73 Å². The van der Waals surface area contributed by atoms with Gasteiger partial charge in [-0.1, -0.05) is 24.3 Å². The van der Waals surface area contributed by atoms with Crippen LogP contribution in [0.5, 0.6) is 0 Å². The SMILES string of the molecule is CCNC(=NCc1ccc(CN2CCC(O)CC2)cc1)NC1CCN(CCCOC)CC1.I. The van der Waals surface area contributed by atoms with E-state index in [1.54, 1.807) is 7.11 Å². The van der Waals surface area contributed by atoms with Gasteiger partial charge in [0.05, 0.1) is 12.6 Å². The van der Waals surface area contributed by atoms with Gasteiger partial charge in [0.15, 0.2) is 5.96 Å².